The highest BCUT2D eigenvalue weighted by Crippen LogP contribution is 2.15. The van der Waals surface area contributed by atoms with E-state index in [-0.39, 0.29) is 5.56 Å². The summed E-state index contributed by atoms with van der Waals surface area (Å²) < 4.78 is 26.6. The van der Waals surface area contributed by atoms with E-state index in [0.29, 0.717) is 12.5 Å². The highest BCUT2D eigenvalue weighted by molar-refractivity contribution is 5.19. The Kier molecular flexibility index (Phi) is 5.39. The molecule has 0 amide bonds. The van der Waals surface area contributed by atoms with E-state index in [9.17, 15) is 8.78 Å². The van der Waals surface area contributed by atoms with Gasteiger partial charge in [0.1, 0.15) is 11.6 Å². The molecule has 0 aliphatic rings. The molecule has 0 radical (unpaired) electrons. The first-order valence-corrected chi connectivity index (χ1v) is 5.79. The van der Waals surface area contributed by atoms with Crippen LogP contribution >= 0.6 is 0 Å². The van der Waals surface area contributed by atoms with Crippen LogP contribution in [0.1, 0.15) is 31.7 Å². The Labute approximate surface area is 95.9 Å². The van der Waals surface area contributed by atoms with Crippen LogP contribution in [-0.2, 0) is 6.42 Å². The molecule has 3 heteroatoms. The van der Waals surface area contributed by atoms with Crippen LogP contribution in [0, 0.1) is 11.6 Å². The van der Waals surface area contributed by atoms with Crippen molar-refractivity contribution in [3.63, 3.8) is 0 Å². The third-order valence-corrected chi connectivity index (χ3v) is 2.94. The highest BCUT2D eigenvalue weighted by Gasteiger charge is 2.09. The summed E-state index contributed by atoms with van der Waals surface area (Å²) in [6.45, 7) is 2.10. The van der Waals surface area contributed by atoms with E-state index in [4.69, 9.17) is 0 Å². The van der Waals surface area contributed by atoms with Crippen LogP contribution in [0.2, 0.25) is 0 Å². The topological polar surface area (TPSA) is 12.0 Å². The Morgan fingerprint density at radius 1 is 1.25 bits per heavy atom. The first kappa shape index (κ1) is 13.1. The summed E-state index contributed by atoms with van der Waals surface area (Å²) in [6.07, 6.45) is 3.25. The summed E-state index contributed by atoms with van der Waals surface area (Å²) in [7, 11) is 1.91. The monoisotopic (exact) mass is 227 g/mol. The van der Waals surface area contributed by atoms with Crippen molar-refractivity contribution < 1.29 is 8.78 Å². The fraction of sp³-hybridized carbons (Fsp3) is 0.538. The molecule has 0 saturated heterocycles. The summed E-state index contributed by atoms with van der Waals surface area (Å²) in [5.41, 5.74) is 0.216. The van der Waals surface area contributed by atoms with Crippen LogP contribution < -0.4 is 5.32 Å². The molecule has 0 saturated carbocycles. The van der Waals surface area contributed by atoms with Crippen LogP contribution in [-0.4, -0.2) is 13.1 Å². The number of hydrogen-bond donors (Lipinski definition) is 1. The Hall–Kier alpha value is -0.960. The summed E-state index contributed by atoms with van der Waals surface area (Å²) in [6, 6.07) is 4.47. The number of benzene rings is 1. The van der Waals surface area contributed by atoms with Gasteiger partial charge in [-0.05, 0) is 44.9 Å². The molecule has 0 aliphatic heterocycles. The lowest BCUT2D eigenvalue weighted by molar-refractivity contribution is 0.481. The maximum absolute atomic E-state index is 13.3. The van der Waals surface area contributed by atoms with Gasteiger partial charge in [0.2, 0.25) is 0 Å². The van der Waals surface area contributed by atoms with Crippen LogP contribution in [0.4, 0.5) is 8.78 Å². The lowest BCUT2D eigenvalue weighted by atomic mass is 10.0. The Morgan fingerprint density at radius 3 is 2.38 bits per heavy atom. The molecular weight excluding hydrogens is 208 g/mol. The third kappa shape index (κ3) is 3.56. The zero-order valence-corrected chi connectivity index (χ0v) is 9.89. The van der Waals surface area contributed by atoms with Gasteiger partial charge < -0.3 is 5.32 Å². The zero-order valence-electron chi connectivity index (χ0n) is 9.89. The lowest BCUT2D eigenvalue weighted by Gasteiger charge is -2.13. The first-order chi connectivity index (χ1) is 7.69. The fourth-order valence-corrected chi connectivity index (χ4v) is 1.85. The molecule has 0 heterocycles. The summed E-state index contributed by atoms with van der Waals surface area (Å²) in [5, 5.41) is 3.18. The molecule has 0 spiro atoms. The van der Waals surface area contributed by atoms with Crippen molar-refractivity contribution >= 4 is 0 Å². The lowest BCUT2D eigenvalue weighted by Crippen LogP contribution is -2.24. The molecule has 16 heavy (non-hydrogen) atoms. The Balaban J connectivity index is 2.48. The Bertz CT molecular complexity index is 301. The van der Waals surface area contributed by atoms with Crippen molar-refractivity contribution in [2.45, 2.75) is 38.6 Å². The smallest absolute Gasteiger partial charge is 0.129 e. The van der Waals surface area contributed by atoms with E-state index in [2.05, 4.69) is 12.2 Å². The second-order valence-corrected chi connectivity index (χ2v) is 3.99. The number of halogens is 2. The summed E-state index contributed by atoms with van der Waals surface area (Å²) >= 11 is 0. The Morgan fingerprint density at radius 2 is 1.88 bits per heavy atom. The second kappa shape index (κ2) is 6.59. The molecule has 1 aromatic rings. The number of rotatable bonds is 6. The van der Waals surface area contributed by atoms with E-state index < -0.39 is 11.6 Å². The van der Waals surface area contributed by atoms with Crippen LogP contribution in [0.3, 0.4) is 0 Å². The number of hydrogen-bond acceptors (Lipinski definition) is 1. The van der Waals surface area contributed by atoms with Crippen molar-refractivity contribution in [3.05, 3.63) is 35.4 Å². The van der Waals surface area contributed by atoms with Gasteiger partial charge in [-0.2, -0.15) is 0 Å². The maximum atomic E-state index is 13.3. The van der Waals surface area contributed by atoms with Crippen LogP contribution in [0.15, 0.2) is 18.2 Å². The second-order valence-electron chi connectivity index (χ2n) is 3.99. The average molecular weight is 227 g/mol. The third-order valence-electron chi connectivity index (χ3n) is 2.94. The van der Waals surface area contributed by atoms with Gasteiger partial charge in [0.05, 0.1) is 0 Å². The van der Waals surface area contributed by atoms with E-state index in [1.54, 1.807) is 0 Å². The molecule has 1 rings (SSSR count). The minimum atomic E-state index is -0.433. The van der Waals surface area contributed by atoms with E-state index in [1.165, 1.54) is 18.2 Å². The predicted octanol–water partition coefficient (Wildman–Crippen LogP) is 3.29. The van der Waals surface area contributed by atoms with Gasteiger partial charge >= 0.3 is 0 Å². The van der Waals surface area contributed by atoms with Gasteiger partial charge in [0.15, 0.2) is 0 Å². The van der Waals surface area contributed by atoms with E-state index in [1.807, 2.05) is 7.05 Å². The van der Waals surface area contributed by atoms with Gasteiger partial charge in [-0.15, -0.1) is 0 Å². The maximum Gasteiger partial charge on any atom is 0.129 e. The molecule has 1 N–H and O–H groups in total. The van der Waals surface area contributed by atoms with E-state index in [0.717, 1.165) is 19.3 Å². The van der Waals surface area contributed by atoms with Crippen molar-refractivity contribution in [3.8, 4) is 0 Å². The van der Waals surface area contributed by atoms with Crippen molar-refractivity contribution in [1.82, 2.24) is 5.32 Å². The van der Waals surface area contributed by atoms with E-state index >= 15 is 0 Å². The molecular formula is C13H19F2N. The van der Waals surface area contributed by atoms with Gasteiger partial charge in [-0.25, -0.2) is 8.78 Å². The summed E-state index contributed by atoms with van der Waals surface area (Å²) in [4.78, 5) is 0. The van der Waals surface area contributed by atoms with Gasteiger partial charge in [0, 0.05) is 11.6 Å². The van der Waals surface area contributed by atoms with Crippen molar-refractivity contribution in [1.29, 1.82) is 0 Å². The SMILES string of the molecule is CCC(CCCc1c(F)cccc1F)NC. The molecule has 0 bridgehead atoms. The van der Waals surface area contributed by atoms with Crippen LogP contribution in [0.5, 0.6) is 0 Å². The van der Waals surface area contributed by atoms with Crippen molar-refractivity contribution in [2.24, 2.45) is 0 Å². The molecule has 0 aromatic heterocycles. The zero-order chi connectivity index (χ0) is 12.0. The van der Waals surface area contributed by atoms with Crippen molar-refractivity contribution in [2.75, 3.05) is 7.05 Å². The molecule has 0 aliphatic carbocycles. The van der Waals surface area contributed by atoms with Gasteiger partial charge in [-0.1, -0.05) is 13.0 Å². The standard InChI is InChI=1S/C13H19F2N/c1-3-10(16-2)6-4-7-11-12(14)8-5-9-13(11)15/h5,8-10,16H,3-4,6-7H2,1-2H3. The molecule has 90 valence electrons. The van der Waals surface area contributed by atoms with Gasteiger partial charge in [-0.3, -0.25) is 0 Å². The largest absolute Gasteiger partial charge is 0.317 e. The molecule has 0 fully saturated rings. The molecule has 1 atom stereocenters. The normalized spacial score (nSPS) is 12.8. The first-order valence-electron chi connectivity index (χ1n) is 5.79. The van der Waals surface area contributed by atoms with Gasteiger partial charge in [0.25, 0.3) is 0 Å². The average Bonchev–Trinajstić information content (AvgIpc) is 2.28. The molecule has 1 nitrogen and oxygen atoms in total. The molecule has 1 aromatic carbocycles. The predicted molar refractivity (Wildman–Crippen MR) is 62.4 cm³/mol. The minimum absolute atomic E-state index is 0.216. The summed E-state index contributed by atoms with van der Waals surface area (Å²) in [5.74, 6) is -0.866. The molecule has 1 unspecified atom stereocenters. The van der Waals surface area contributed by atoms with Crippen LogP contribution in [0.25, 0.3) is 0 Å². The fourth-order valence-electron chi connectivity index (χ4n) is 1.85. The number of nitrogens with one attached hydrogen (secondary N) is 1. The highest BCUT2D eigenvalue weighted by atomic mass is 19.1. The quantitative estimate of drug-likeness (QED) is 0.786. The minimum Gasteiger partial charge on any atom is -0.317 e.